The standard InChI is InChI=1S/C22H27N3O3/c1-3-20(26)25-12-13-28-22(16-25,21(27)24-4-2)14-17-7-9-18(10-8-17)19-6-5-11-23-15-19/h5-11,15H,3-4,12-14,16H2,1-2H3,(H,24,27). The number of rotatable bonds is 6. The van der Waals surface area contributed by atoms with Crippen LogP contribution in [0.2, 0.25) is 0 Å². The van der Waals surface area contributed by atoms with Crippen molar-refractivity contribution < 1.29 is 14.3 Å². The Morgan fingerprint density at radius 2 is 1.96 bits per heavy atom. The van der Waals surface area contributed by atoms with Crippen molar-refractivity contribution in [2.24, 2.45) is 0 Å². The van der Waals surface area contributed by atoms with Crippen molar-refractivity contribution in [3.05, 3.63) is 54.4 Å². The van der Waals surface area contributed by atoms with Crippen molar-refractivity contribution >= 4 is 11.8 Å². The molecular formula is C22H27N3O3. The first kappa shape index (κ1) is 20.0. The fraction of sp³-hybridized carbons (Fsp3) is 0.409. The summed E-state index contributed by atoms with van der Waals surface area (Å²) in [6.07, 6.45) is 4.41. The second-order valence-corrected chi connectivity index (χ2v) is 6.99. The van der Waals surface area contributed by atoms with Crippen molar-refractivity contribution in [1.29, 1.82) is 0 Å². The Labute approximate surface area is 165 Å². The van der Waals surface area contributed by atoms with Crippen molar-refractivity contribution in [1.82, 2.24) is 15.2 Å². The van der Waals surface area contributed by atoms with E-state index < -0.39 is 5.60 Å². The molecule has 1 N–H and O–H groups in total. The lowest BCUT2D eigenvalue weighted by molar-refractivity contribution is -0.165. The van der Waals surface area contributed by atoms with Gasteiger partial charge in [-0.15, -0.1) is 0 Å². The highest BCUT2D eigenvalue weighted by molar-refractivity contribution is 5.87. The third kappa shape index (κ3) is 4.39. The number of aromatic nitrogens is 1. The quantitative estimate of drug-likeness (QED) is 0.834. The van der Waals surface area contributed by atoms with Crippen LogP contribution in [-0.4, -0.2) is 53.5 Å². The van der Waals surface area contributed by atoms with Crippen LogP contribution in [0.25, 0.3) is 11.1 Å². The van der Waals surface area contributed by atoms with Crippen LogP contribution in [-0.2, 0) is 20.7 Å². The molecule has 1 unspecified atom stereocenters. The van der Waals surface area contributed by atoms with Gasteiger partial charge in [0.1, 0.15) is 0 Å². The first-order valence-electron chi connectivity index (χ1n) is 9.77. The van der Waals surface area contributed by atoms with Crippen LogP contribution in [0.1, 0.15) is 25.8 Å². The fourth-order valence-electron chi connectivity index (χ4n) is 3.55. The largest absolute Gasteiger partial charge is 0.361 e. The monoisotopic (exact) mass is 381 g/mol. The topological polar surface area (TPSA) is 71.5 Å². The maximum atomic E-state index is 12.9. The number of hydrogen-bond acceptors (Lipinski definition) is 4. The summed E-state index contributed by atoms with van der Waals surface area (Å²) in [5.74, 6) is -0.121. The van der Waals surface area contributed by atoms with Crippen LogP contribution in [0.3, 0.4) is 0 Å². The van der Waals surface area contributed by atoms with E-state index >= 15 is 0 Å². The number of likely N-dealkylation sites (N-methyl/N-ethyl adjacent to an activating group) is 1. The van der Waals surface area contributed by atoms with E-state index in [-0.39, 0.29) is 18.4 Å². The maximum Gasteiger partial charge on any atom is 0.254 e. The van der Waals surface area contributed by atoms with Crippen LogP contribution in [0.4, 0.5) is 0 Å². The molecule has 1 fully saturated rings. The second kappa shape index (κ2) is 8.97. The Balaban J connectivity index is 1.83. The van der Waals surface area contributed by atoms with Crippen LogP contribution >= 0.6 is 0 Å². The molecule has 28 heavy (non-hydrogen) atoms. The van der Waals surface area contributed by atoms with Gasteiger partial charge in [-0.2, -0.15) is 0 Å². The molecule has 1 atom stereocenters. The number of ether oxygens (including phenoxy) is 1. The summed E-state index contributed by atoms with van der Waals surface area (Å²) in [5, 5.41) is 2.88. The van der Waals surface area contributed by atoms with Gasteiger partial charge >= 0.3 is 0 Å². The van der Waals surface area contributed by atoms with Crippen LogP contribution < -0.4 is 5.32 Å². The van der Waals surface area contributed by atoms with E-state index in [1.807, 2.05) is 56.4 Å². The van der Waals surface area contributed by atoms with Gasteiger partial charge in [-0.3, -0.25) is 14.6 Å². The van der Waals surface area contributed by atoms with Crippen molar-refractivity contribution in [3.63, 3.8) is 0 Å². The molecule has 0 spiro atoms. The van der Waals surface area contributed by atoms with Gasteiger partial charge in [0.25, 0.3) is 5.91 Å². The number of nitrogens with one attached hydrogen (secondary N) is 1. The normalized spacial score (nSPS) is 19.3. The second-order valence-electron chi connectivity index (χ2n) is 6.99. The summed E-state index contributed by atoms with van der Waals surface area (Å²) in [6, 6.07) is 12.0. The number of carbonyl (C=O) groups excluding carboxylic acids is 2. The van der Waals surface area contributed by atoms with E-state index in [4.69, 9.17) is 4.74 Å². The van der Waals surface area contributed by atoms with Gasteiger partial charge in [-0.1, -0.05) is 37.3 Å². The zero-order chi connectivity index (χ0) is 20.0. The highest BCUT2D eigenvalue weighted by Crippen LogP contribution is 2.26. The van der Waals surface area contributed by atoms with E-state index in [1.165, 1.54) is 0 Å². The minimum atomic E-state index is -1.06. The molecule has 2 heterocycles. The summed E-state index contributed by atoms with van der Waals surface area (Å²) < 4.78 is 6.01. The average Bonchev–Trinajstić information content (AvgIpc) is 2.74. The molecule has 2 amide bonds. The molecule has 0 saturated carbocycles. The first-order valence-corrected chi connectivity index (χ1v) is 9.77. The molecule has 0 bridgehead atoms. The van der Waals surface area contributed by atoms with Gasteiger partial charge < -0.3 is 15.0 Å². The van der Waals surface area contributed by atoms with E-state index in [9.17, 15) is 9.59 Å². The third-order valence-electron chi connectivity index (χ3n) is 5.03. The van der Waals surface area contributed by atoms with Gasteiger partial charge in [0, 0.05) is 38.3 Å². The molecule has 3 rings (SSSR count). The van der Waals surface area contributed by atoms with Crippen LogP contribution in [0.5, 0.6) is 0 Å². The number of morpholine rings is 1. The average molecular weight is 381 g/mol. The Bertz CT molecular complexity index is 808. The minimum absolute atomic E-state index is 0.0453. The summed E-state index contributed by atoms with van der Waals surface area (Å²) in [6.45, 7) is 5.39. The number of carbonyl (C=O) groups is 2. The lowest BCUT2D eigenvalue weighted by Crippen LogP contribution is -2.62. The molecule has 6 nitrogen and oxygen atoms in total. The molecule has 148 valence electrons. The van der Waals surface area contributed by atoms with Gasteiger partial charge in [0.2, 0.25) is 5.91 Å². The first-order chi connectivity index (χ1) is 13.6. The number of amides is 2. The van der Waals surface area contributed by atoms with Gasteiger partial charge in [-0.25, -0.2) is 0 Å². The molecule has 1 aromatic carbocycles. The summed E-state index contributed by atoms with van der Waals surface area (Å²) >= 11 is 0. The minimum Gasteiger partial charge on any atom is -0.361 e. The fourth-order valence-corrected chi connectivity index (χ4v) is 3.55. The van der Waals surface area contributed by atoms with Crippen LogP contribution in [0.15, 0.2) is 48.8 Å². The van der Waals surface area contributed by atoms with E-state index in [1.54, 1.807) is 11.1 Å². The Hall–Kier alpha value is -2.73. The van der Waals surface area contributed by atoms with Crippen molar-refractivity contribution in [3.8, 4) is 11.1 Å². The predicted molar refractivity (Wildman–Crippen MR) is 108 cm³/mol. The molecule has 0 radical (unpaired) electrons. The predicted octanol–water partition coefficient (Wildman–Crippen LogP) is 2.43. The van der Waals surface area contributed by atoms with E-state index in [0.29, 0.717) is 32.5 Å². The zero-order valence-electron chi connectivity index (χ0n) is 16.5. The highest BCUT2D eigenvalue weighted by atomic mass is 16.5. The number of nitrogens with zero attached hydrogens (tertiary/aromatic N) is 2. The SMILES string of the molecule is CCNC(=O)C1(Cc2ccc(-c3cccnc3)cc2)CN(C(=O)CC)CCO1. The molecule has 1 saturated heterocycles. The molecular weight excluding hydrogens is 354 g/mol. The molecule has 6 heteroatoms. The van der Waals surface area contributed by atoms with Gasteiger partial charge in [-0.05, 0) is 29.7 Å². The molecule has 1 aliphatic heterocycles. The molecule has 0 aliphatic carbocycles. The lowest BCUT2D eigenvalue weighted by Gasteiger charge is -2.41. The number of hydrogen-bond donors (Lipinski definition) is 1. The molecule has 1 aliphatic rings. The maximum absolute atomic E-state index is 12.9. The number of pyridine rings is 1. The lowest BCUT2D eigenvalue weighted by atomic mass is 9.90. The summed E-state index contributed by atoms with van der Waals surface area (Å²) in [5.41, 5.74) is 2.04. The van der Waals surface area contributed by atoms with Crippen molar-refractivity contribution in [2.75, 3.05) is 26.2 Å². The molecule has 1 aromatic heterocycles. The summed E-state index contributed by atoms with van der Waals surface area (Å²) in [4.78, 5) is 31.0. The highest BCUT2D eigenvalue weighted by Gasteiger charge is 2.44. The van der Waals surface area contributed by atoms with E-state index in [0.717, 1.165) is 16.7 Å². The van der Waals surface area contributed by atoms with Crippen molar-refractivity contribution in [2.45, 2.75) is 32.3 Å². The number of benzene rings is 1. The Morgan fingerprint density at radius 1 is 1.18 bits per heavy atom. The van der Waals surface area contributed by atoms with Gasteiger partial charge in [0.15, 0.2) is 5.60 Å². The molecule has 2 aromatic rings. The Morgan fingerprint density at radius 3 is 2.61 bits per heavy atom. The third-order valence-corrected chi connectivity index (χ3v) is 5.03. The Kier molecular flexibility index (Phi) is 6.41. The smallest absolute Gasteiger partial charge is 0.254 e. The zero-order valence-corrected chi connectivity index (χ0v) is 16.5. The summed E-state index contributed by atoms with van der Waals surface area (Å²) in [7, 11) is 0. The van der Waals surface area contributed by atoms with E-state index in [2.05, 4.69) is 10.3 Å². The van der Waals surface area contributed by atoms with Gasteiger partial charge in [0.05, 0.1) is 13.2 Å². The van der Waals surface area contributed by atoms with Crippen LogP contribution in [0, 0.1) is 0 Å².